The smallest absolute Gasteiger partial charge is 0.305 e. The number of esters is 1. The van der Waals surface area contributed by atoms with Gasteiger partial charge in [0.2, 0.25) is 0 Å². The maximum atomic E-state index is 11.4. The molecular formula is C25H46O5Si. The molecule has 0 aromatic carbocycles. The second-order valence-corrected chi connectivity index (χ2v) is 16.1. The van der Waals surface area contributed by atoms with E-state index in [0.717, 1.165) is 32.3 Å². The molecule has 2 aliphatic rings. The summed E-state index contributed by atoms with van der Waals surface area (Å²) in [7, 11) is 1.35. The zero-order chi connectivity index (χ0) is 23.4. The van der Waals surface area contributed by atoms with Crippen LogP contribution < -0.4 is 0 Å². The molecule has 0 N–H and O–H groups in total. The van der Waals surface area contributed by atoms with Gasteiger partial charge in [-0.2, -0.15) is 0 Å². The topological polar surface area (TPSA) is 54.0 Å². The Morgan fingerprint density at radius 1 is 1.16 bits per heavy atom. The first-order valence-electron chi connectivity index (χ1n) is 11.9. The molecule has 0 aromatic heterocycles. The maximum Gasteiger partial charge on any atom is 0.305 e. The monoisotopic (exact) mass is 454 g/mol. The minimum atomic E-state index is -1.82. The van der Waals surface area contributed by atoms with E-state index in [1.165, 1.54) is 13.5 Å². The van der Waals surface area contributed by atoms with Crippen molar-refractivity contribution in [1.29, 1.82) is 0 Å². The van der Waals surface area contributed by atoms with Crippen LogP contribution >= 0.6 is 0 Å². The van der Waals surface area contributed by atoms with E-state index >= 15 is 0 Å². The molecule has 2 rings (SSSR count). The van der Waals surface area contributed by atoms with E-state index in [1.54, 1.807) is 12.7 Å². The summed E-state index contributed by atoms with van der Waals surface area (Å²) in [6.45, 7) is 16.3. The zero-order valence-corrected chi connectivity index (χ0v) is 22.4. The molecule has 0 aromatic rings. The number of allylic oxidation sites excluding steroid dienone is 2. The lowest BCUT2D eigenvalue weighted by molar-refractivity contribution is -0.232. The molecule has 2 saturated carbocycles. The van der Waals surface area contributed by atoms with Crippen molar-refractivity contribution in [3.63, 3.8) is 0 Å². The Kier molecular flexibility index (Phi) is 8.99. The Bertz CT molecular complexity index is 634. The third-order valence-corrected chi connectivity index (χ3v) is 12.4. The van der Waals surface area contributed by atoms with Crippen LogP contribution in [0.1, 0.15) is 73.1 Å². The van der Waals surface area contributed by atoms with Gasteiger partial charge in [0.05, 0.1) is 13.2 Å². The standard InChI is InChI=1S/C25H46O5Si/c1-24(2,3)31(8,9)29-17-21-19-15-14-18(12-10-11-13-23(26)27-6)20(19)16-22(21)30-25(4,5)28-7/h12,19-22H,10-11,13-17H2,1-9H3. The summed E-state index contributed by atoms with van der Waals surface area (Å²) in [5.41, 5.74) is 1.55. The van der Waals surface area contributed by atoms with Crippen molar-refractivity contribution in [3.8, 4) is 0 Å². The van der Waals surface area contributed by atoms with Gasteiger partial charge in [-0.25, -0.2) is 0 Å². The summed E-state index contributed by atoms with van der Waals surface area (Å²) in [4.78, 5) is 11.4. The van der Waals surface area contributed by atoms with E-state index in [9.17, 15) is 4.79 Å². The van der Waals surface area contributed by atoms with Crippen LogP contribution in [0, 0.1) is 17.8 Å². The maximum absolute atomic E-state index is 11.4. The average Bonchev–Trinajstić information content (AvgIpc) is 3.21. The molecule has 6 heteroatoms. The number of ether oxygens (including phenoxy) is 3. The van der Waals surface area contributed by atoms with E-state index in [2.05, 4.69) is 39.9 Å². The molecule has 0 heterocycles. The van der Waals surface area contributed by atoms with E-state index in [-0.39, 0.29) is 17.1 Å². The van der Waals surface area contributed by atoms with Gasteiger partial charge in [0.25, 0.3) is 0 Å². The van der Waals surface area contributed by atoms with Crippen LogP contribution in [0.15, 0.2) is 11.6 Å². The van der Waals surface area contributed by atoms with Gasteiger partial charge in [0, 0.05) is 26.1 Å². The molecule has 2 aliphatic carbocycles. The summed E-state index contributed by atoms with van der Waals surface area (Å²) >= 11 is 0. The van der Waals surface area contributed by atoms with Gasteiger partial charge in [-0.05, 0) is 75.9 Å². The highest BCUT2D eigenvalue weighted by Crippen LogP contribution is 2.53. The third kappa shape index (κ3) is 6.89. The van der Waals surface area contributed by atoms with Crippen molar-refractivity contribution in [2.45, 2.75) is 103 Å². The van der Waals surface area contributed by atoms with Gasteiger partial charge in [0.15, 0.2) is 14.1 Å². The second kappa shape index (κ2) is 10.5. The fraction of sp³-hybridized carbons (Fsp3) is 0.880. The third-order valence-electron chi connectivity index (χ3n) is 7.86. The first kappa shape index (κ1) is 26.6. The average molecular weight is 455 g/mol. The summed E-state index contributed by atoms with van der Waals surface area (Å²) in [6, 6.07) is 0. The Labute approximate surface area is 191 Å². The van der Waals surface area contributed by atoms with E-state index in [0.29, 0.717) is 24.2 Å². The number of rotatable bonds is 10. The van der Waals surface area contributed by atoms with Crippen LogP contribution in [0.4, 0.5) is 0 Å². The number of carbonyl (C=O) groups is 1. The summed E-state index contributed by atoms with van der Waals surface area (Å²) in [6.07, 6.45) is 8.20. The second-order valence-electron chi connectivity index (χ2n) is 11.3. The van der Waals surface area contributed by atoms with E-state index in [4.69, 9.17) is 18.6 Å². The predicted octanol–water partition coefficient (Wildman–Crippen LogP) is 6.09. The van der Waals surface area contributed by atoms with Crippen molar-refractivity contribution < 1.29 is 23.4 Å². The number of methoxy groups -OCH3 is 2. The van der Waals surface area contributed by atoms with Crippen molar-refractivity contribution in [2.24, 2.45) is 17.8 Å². The van der Waals surface area contributed by atoms with E-state index in [1.807, 2.05) is 13.8 Å². The Hall–Kier alpha value is -0.693. The molecule has 5 nitrogen and oxygen atoms in total. The molecule has 0 aliphatic heterocycles. The highest BCUT2D eigenvalue weighted by molar-refractivity contribution is 6.74. The highest BCUT2D eigenvalue weighted by atomic mass is 28.4. The van der Waals surface area contributed by atoms with Gasteiger partial charge < -0.3 is 18.6 Å². The lowest BCUT2D eigenvalue weighted by Crippen LogP contribution is -2.44. The molecular weight excluding hydrogens is 408 g/mol. The van der Waals surface area contributed by atoms with Crippen molar-refractivity contribution in [2.75, 3.05) is 20.8 Å². The number of unbranched alkanes of at least 4 members (excludes halogenated alkanes) is 1. The number of hydrogen-bond donors (Lipinski definition) is 0. The molecule has 31 heavy (non-hydrogen) atoms. The molecule has 0 saturated heterocycles. The summed E-state index contributed by atoms with van der Waals surface area (Å²) < 4.78 is 23.5. The molecule has 2 fully saturated rings. The van der Waals surface area contributed by atoms with Gasteiger partial charge >= 0.3 is 5.97 Å². The van der Waals surface area contributed by atoms with Crippen molar-refractivity contribution in [3.05, 3.63) is 11.6 Å². The molecule has 0 bridgehead atoms. The minimum absolute atomic E-state index is 0.123. The van der Waals surface area contributed by atoms with Gasteiger partial charge in [-0.15, -0.1) is 0 Å². The zero-order valence-electron chi connectivity index (χ0n) is 21.4. The van der Waals surface area contributed by atoms with Gasteiger partial charge in [-0.3, -0.25) is 4.79 Å². The Morgan fingerprint density at radius 2 is 1.84 bits per heavy atom. The van der Waals surface area contributed by atoms with E-state index < -0.39 is 14.1 Å². The lowest BCUT2D eigenvalue weighted by atomic mass is 9.91. The fourth-order valence-corrected chi connectivity index (χ4v) is 5.77. The molecule has 0 radical (unpaired) electrons. The predicted molar refractivity (Wildman–Crippen MR) is 127 cm³/mol. The van der Waals surface area contributed by atoms with Crippen molar-refractivity contribution >= 4 is 14.3 Å². The highest BCUT2D eigenvalue weighted by Gasteiger charge is 2.50. The van der Waals surface area contributed by atoms with Crippen LogP contribution in [0.5, 0.6) is 0 Å². The van der Waals surface area contributed by atoms with Crippen LogP contribution in [-0.4, -0.2) is 47.0 Å². The largest absolute Gasteiger partial charge is 0.469 e. The number of fused-ring (bicyclic) bond motifs is 1. The lowest BCUT2D eigenvalue weighted by Gasteiger charge is -2.39. The SMILES string of the molecule is COC(=O)CCCC=C1CCC2C1CC(OC(C)(C)OC)C2CO[Si](C)(C)C(C)(C)C. The molecule has 180 valence electrons. The summed E-state index contributed by atoms with van der Waals surface area (Å²) in [5.74, 6) is 0.845. The quantitative estimate of drug-likeness (QED) is 0.131. The van der Waals surface area contributed by atoms with Crippen LogP contribution in [0.2, 0.25) is 18.1 Å². The molecule has 0 amide bonds. The minimum Gasteiger partial charge on any atom is -0.469 e. The van der Waals surface area contributed by atoms with Gasteiger partial charge in [-0.1, -0.05) is 32.4 Å². The van der Waals surface area contributed by atoms with Crippen LogP contribution in [0.3, 0.4) is 0 Å². The molecule has 4 unspecified atom stereocenters. The normalized spacial score (nSPS) is 28.2. The fourth-order valence-electron chi connectivity index (χ4n) is 4.72. The summed E-state index contributed by atoms with van der Waals surface area (Å²) in [5, 5.41) is 0.202. The number of carbonyl (C=O) groups excluding carboxylic acids is 1. The van der Waals surface area contributed by atoms with Gasteiger partial charge in [0.1, 0.15) is 0 Å². The first-order chi connectivity index (χ1) is 14.3. The molecule has 0 spiro atoms. The van der Waals surface area contributed by atoms with Crippen LogP contribution in [0.25, 0.3) is 0 Å². The Morgan fingerprint density at radius 3 is 2.42 bits per heavy atom. The Balaban J connectivity index is 2.10. The molecule has 4 atom stereocenters. The van der Waals surface area contributed by atoms with Crippen LogP contribution in [-0.2, 0) is 23.4 Å². The van der Waals surface area contributed by atoms with Crippen molar-refractivity contribution in [1.82, 2.24) is 0 Å². The first-order valence-corrected chi connectivity index (χ1v) is 14.8. The number of hydrogen-bond acceptors (Lipinski definition) is 5.